The molecular formula is C21H24N4O4. The molecule has 0 saturated carbocycles. The largest absolute Gasteiger partial charge is 0.491 e. The molecule has 8 nitrogen and oxygen atoms in total. The summed E-state index contributed by atoms with van der Waals surface area (Å²) in [6, 6.07) is 14.4. The van der Waals surface area contributed by atoms with E-state index in [1.807, 2.05) is 37.5 Å². The second kappa shape index (κ2) is 9.81. The number of non-ortho nitro benzene ring substituents is 1. The summed E-state index contributed by atoms with van der Waals surface area (Å²) in [5.74, 6) is 0.818. The summed E-state index contributed by atoms with van der Waals surface area (Å²) in [5, 5.41) is 18.8. The predicted octanol–water partition coefficient (Wildman–Crippen LogP) is 3.31. The van der Waals surface area contributed by atoms with Gasteiger partial charge in [0.2, 0.25) is 0 Å². The Bertz CT molecular complexity index is 936. The molecule has 3 aromatic rings. The molecule has 0 atom stereocenters. The number of rotatable bonds is 10. The number of aromatic nitrogens is 2. The van der Waals surface area contributed by atoms with Crippen molar-refractivity contribution in [2.45, 2.75) is 13.1 Å². The maximum absolute atomic E-state index is 10.8. The zero-order valence-corrected chi connectivity index (χ0v) is 16.5. The molecule has 2 aromatic carbocycles. The second-order valence-corrected chi connectivity index (χ2v) is 6.57. The molecule has 8 heteroatoms. The molecule has 0 aliphatic rings. The first-order chi connectivity index (χ1) is 14.1. The lowest BCUT2D eigenvalue weighted by molar-refractivity contribution is -0.384. The van der Waals surface area contributed by atoms with E-state index in [1.165, 1.54) is 12.1 Å². The van der Waals surface area contributed by atoms with E-state index in [9.17, 15) is 10.1 Å². The fourth-order valence-corrected chi connectivity index (χ4v) is 2.94. The minimum absolute atomic E-state index is 0.0685. The van der Waals surface area contributed by atoms with Crippen molar-refractivity contribution >= 4 is 5.69 Å². The van der Waals surface area contributed by atoms with Crippen LogP contribution in [0.1, 0.15) is 11.1 Å². The van der Waals surface area contributed by atoms with Gasteiger partial charge in [-0.25, -0.2) is 0 Å². The van der Waals surface area contributed by atoms with Crippen LogP contribution in [0.5, 0.6) is 5.75 Å². The number of benzene rings is 2. The van der Waals surface area contributed by atoms with Gasteiger partial charge < -0.3 is 14.8 Å². The SMILES string of the molecule is COCCOc1ccc(CNCc2cn(C)nc2-c2ccc([N+](=O)[O-])cc2)cc1. The number of nitro benzene ring substituents is 1. The summed E-state index contributed by atoms with van der Waals surface area (Å²) in [4.78, 5) is 10.4. The molecule has 0 amide bonds. The van der Waals surface area contributed by atoms with Gasteiger partial charge in [-0.15, -0.1) is 0 Å². The van der Waals surface area contributed by atoms with Crippen LogP contribution in [0.25, 0.3) is 11.3 Å². The predicted molar refractivity (Wildman–Crippen MR) is 110 cm³/mol. The molecule has 0 saturated heterocycles. The van der Waals surface area contributed by atoms with E-state index in [4.69, 9.17) is 9.47 Å². The molecule has 1 N–H and O–H groups in total. The fraction of sp³-hybridized carbons (Fsp3) is 0.286. The van der Waals surface area contributed by atoms with Gasteiger partial charge in [-0.1, -0.05) is 12.1 Å². The highest BCUT2D eigenvalue weighted by atomic mass is 16.6. The van der Waals surface area contributed by atoms with Crippen LogP contribution in [-0.2, 0) is 24.9 Å². The molecule has 152 valence electrons. The number of nitrogens with one attached hydrogen (secondary N) is 1. The minimum atomic E-state index is -0.404. The lowest BCUT2D eigenvalue weighted by Crippen LogP contribution is -2.13. The van der Waals surface area contributed by atoms with Crippen molar-refractivity contribution in [2.24, 2.45) is 7.05 Å². The van der Waals surface area contributed by atoms with Gasteiger partial charge in [-0.2, -0.15) is 5.10 Å². The third-order valence-electron chi connectivity index (χ3n) is 4.38. The Hall–Kier alpha value is -3.23. The molecule has 0 unspecified atom stereocenters. The summed E-state index contributed by atoms with van der Waals surface area (Å²) in [5.41, 5.74) is 3.91. The average molecular weight is 396 g/mol. The summed E-state index contributed by atoms with van der Waals surface area (Å²) < 4.78 is 12.3. The molecule has 0 aliphatic carbocycles. The van der Waals surface area contributed by atoms with Gasteiger partial charge in [-0.3, -0.25) is 14.8 Å². The van der Waals surface area contributed by atoms with Gasteiger partial charge in [-0.05, 0) is 29.8 Å². The minimum Gasteiger partial charge on any atom is -0.491 e. The normalized spacial score (nSPS) is 10.8. The number of nitrogens with zero attached hydrogens (tertiary/aromatic N) is 3. The average Bonchev–Trinajstić information content (AvgIpc) is 3.10. The number of ether oxygens (including phenoxy) is 2. The van der Waals surface area contributed by atoms with Gasteiger partial charge in [0.15, 0.2) is 0 Å². The lowest BCUT2D eigenvalue weighted by Gasteiger charge is -2.08. The highest BCUT2D eigenvalue weighted by Gasteiger charge is 2.12. The quantitative estimate of drug-likeness (QED) is 0.321. The van der Waals surface area contributed by atoms with Gasteiger partial charge in [0.05, 0.1) is 17.2 Å². The van der Waals surface area contributed by atoms with Crippen molar-refractivity contribution in [2.75, 3.05) is 20.3 Å². The van der Waals surface area contributed by atoms with E-state index >= 15 is 0 Å². The zero-order valence-electron chi connectivity index (χ0n) is 16.5. The van der Waals surface area contributed by atoms with E-state index in [-0.39, 0.29) is 5.69 Å². The molecule has 1 heterocycles. The van der Waals surface area contributed by atoms with Crippen LogP contribution >= 0.6 is 0 Å². The summed E-state index contributed by atoms with van der Waals surface area (Å²) >= 11 is 0. The monoisotopic (exact) mass is 396 g/mol. The summed E-state index contributed by atoms with van der Waals surface area (Å²) in [6.07, 6.45) is 1.95. The van der Waals surface area contributed by atoms with Crippen molar-refractivity contribution in [3.05, 3.63) is 76.0 Å². The molecule has 0 spiro atoms. The summed E-state index contributed by atoms with van der Waals surface area (Å²) in [7, 11) is 3.51. The Morgan fingerprint density at radius 1 is 1.07 bits per heavy atom. The highest BCUT2D eigenvalue weighted by Crippen LogP contribution is 2.24. The Balaban J connectivity index is 1.59. The molecule has 0 radical (unpaired) electrons. The van der Waals surface area contributed by atoms with E-state index in [0.29, 0.717) is 26.3 Å². The number of hydrogen-bond acceptors (Lipinski definition) is 6. The number of aryl methyl sites for hydroxylation is 1. The lowest BCUT2D eigenvalue weighted by atomic mass is 10.1. The fourth-order valence-electron chi connectivity index (χ4n) is 2.94. The van der Waals surface area contributed by atoms with Gasteiger partial charge in [0.1, 0.15) is 12.4 Å². The third kappa shape index (κ3) is 5.63. The van der Waals surface area contributed by atoms with Crippen molar-refractivity contribution in [3.8, 4) is 17.0 Å². The maximum Gasteiger partial charge on any atom is 0.269 e. The molecule has 29 heavy (non-hydrogen) atoms. The van der Waals surface area contributed by atoms with Crippen molar-refractivity contribution in [1.29, 1.82) is 0 Å². The van der Waals surface area contributed by atoms with Crippen LogP contribution in [0.3, 0.4) is 0 Å². The van der Waals surface area contributed by atoms with E-state index in [1.54, 1.807) is 23.9 Å². The standard InChI is InChI=1S/C21H24N4O4/c1-24-15-18(21(23-24)17-5-7-19(8-6-17)25(26)27)14-22-13-16-3-9-20(10-4-16)29-12-11-28-2/h3-10,15,22H,11-14H2,1-2H3. The van der Waals surface area contributed by atoms with Crippen LogP contribution in [0.4, 0.5) is 5.69 Å². The number of hydrogen-bond donors (Lipinski definition) is 1. The first-order valence-corrected chi connectivity index (χ1v) is 9.25. The van der Waals surface area contributed by atoms with Crippen molar-refractivity contribution in [1.82, 2.24) is 15.1 Å². The van der Waals surface area contributed by atoms with Crippen LogP contribution in [0, 0.1) is 10.1 Å². The van der Waals surface area contributed by atoms with Crippen molar-refractivity contribution in [3.63, 3.8) is 0 Å². The Morgan fingerprint density at radius 3 is 2.45 bits per heavy atom. The highest BCUT2D eigenvalue weighted by molar-refractivity contribution is 5.64. The number of methoxy groups -OCH3 is 1. The van der Waals surface area contributed by atoms with Gasteiger partial charge >= 0.3 is 0 Å². The van der Waals surface area contributed by atoms with E-state index < -0.39 is 4.92 Å². The second-order valence-electron chi connectivity index (χ2n) is 6.57. The molecule has 0 aliphatic heterocycles. The zero-order chi connectivity index (χ0) is 20.6. The smallest absolute Gasteiger partial charge is 0.269 e. The van der Waals surface area contributed by atoms with E-state index in [0.717, 1.165) is 28.1 Å². The molecule has 1 aromatic heterocycles. The van der Waals surface area contributed by atoms with Crippen LogP contribution in [0.2, 0.25) is 0 Å². The maximum atomic E-state index is 10.8. The molecule has 3 rings (SSSR count). The first kappa shape index (κ1) is 20.5. The van der Waals surface area contributed by atoms with Gasteiger partial charge in [0, 0.05) is 56.7 Å². The Morgan fingerprint density at radius 2 is 1.79 bits per heavy atom. The Labute approximate surface area is 169 Å². The third-order valence-corrected chi connectivity index (χ3v) is 4.38. The van der Waals surface area contributed by atoms with Crippen LogP contribution < -0.4 is 10.1 Å². The first-order valence-electron chi connectivity index (χ1n) is 9.25. The van der Waals surface area contributed by atoms with E-state index in [2.05, 4.69) is 10.4 Å². The summed E-state index contributed by atoms with van der Waals surface area (Å²) in [6.45, 7) is 2.42. The van der Waals surface area contributed by atoms with Gasteiger partial charge in [0.25, 0.3) is 5.69 Å². The van der Waals surface area contributed by atoms with Crippen LogP contribution in [-0.4, -0.2) is 35.0 Å². The Kier molecular flexibility index (Phi) is 6.94. The van der Waals surface area contributed by atoms with Crippen LogP contribution in [0.15, 0.2) is 54.7 Å². The molecular weight excluding hydrogens is 372 g/mol. The molecule has 0 bridgehead atoms. The topological polar surface area (TPSA) is 91.5 Å². The molecule has 0 fully saturated rings. The number of nitro groups is 1. The van der Waals surface area contributed by atoms with Crippen molar-refractivity contribution < 1.29 is 14.4 Å².